The van der Waals surface area contributed by atoms with Crippen LogP contribution in [-0.2, 0) is 6.54 Å². The summed E-state index contributed by atoms with van der Waals surface area (Å²) in [5, 5.41) is 9.90. The predicted molar refractivity (Wildman–Crippen MR) is 69.3 cm³/mol. The van der Waals surface area contributed by atoms with Gasteiger partial charge >= 0.3 is 0 Å². The largest absolute Gasteiger partial charge is 0.391 e. The number of hydrogen-bond donors (Lipinski definition) is 1. The molecule has 1 aliphatic rings. The molecular formula is C13H18BrNO. The maximum Gasteiger partial charge on any atom is 0.0730 e. The SMILES string of the molecule is CC1(C)C(O)CCN1Cc1ccc(Br)cc1. The molecule has 0 amide bonds. The fraction of sp³-hybridized carbons (Fsp3) is 0.538. The molecule has 1 aromatic carbocycles. The highest BCUT2D eigenvalue weighted by atomic mass is 79.9. The Balaban J connectivity index is 2.08. The van der Waals surface area contributed by atoms with Crippen LogP contribution in [-0.4, -0.2) is 28.2 Å². The van der Waals surface area contributed by atoms with Crippen molar-refractivity contribution in [3.05, 3.63) is 34.3 Å². The lowest BCUT2D eigenvalue weighted by Crippen LogP contribution is -2.44. The molecule has 1 heterocycles. The van der Waals surface area contributed by atoms with Crippen LogP contribution < -0.4 is 0 Å². The van der Waals surface area contributed by atoms with Crippen molar-refractivity contribution in [3.63, 3.8) is 0 Å². The predicted octanol–water partition coefficient (Wildman–Crippen LogP) is 2.79. The van der Waals surface area contributed by atoms with Crippen LogP contribution in [0, 0.1) is 0 Å². The Morgan fingerprint density at radius 2 is 2.00 bits per heavy atom. The van der Waals surface area contributed by atoms with E-state index in [1.54, 1.807) is 0 Å². The molecule has 0 radical (unpaired) electrons. The fourth-order valence-corrected chi connectivity index (χ4v) is 2.49. The van der Waals surface area contributed by atoms with E-state index in [2.05, 4.69) is 58.9 Å². The summed E-state index contributed by atoms with van der Waals surface area (Å²) in [5.74, 6) is 0. The van der Waals surface area contributed by atoms with E-state index < -0.39 is 0 Å². The molecule has 0 bridgehead atoms. The normalized spacial score (nSPS) is 24.9. The molecule has 3 heteroatoms. The van der Waals surface area contributed by atoms with E-state index in [0.717, 1.165) is 24.0 Å². The quantitative estimate of drug-likeness (QED) is 0.902. The summed E-state index contributed by atoms with van der Waals surface area (Å²) < 4.78 is 1.11. The van der Waals surface area contributed by atoms with Gasteiger partial charge in [-0.3, -0.25) is 4.90 Å². The number of likely N-dealkylation sites (tertiary alicyclic amines) is 1. The molecule has 1 atom stereocenters. The fourth-order valence-electron chi connectivity index (χ4n) is 2.22. The maximum atomic E-state index is 9.90. The zero-order valence-corrected chi connectivity index (χ0v) is 11.4. The minimum absolute atomic E-state index is 0.104. The van der Waals surface area contributed by atoms with Gasteiger partial charge in [-0.05, 0) is 38.0 Å². The molecular weight excluding hydrogens is 266 g/mol. The highest BCUT2D eigenvalue weighted by molar-refractivity contribution is 9.10. The third-order valence-electron chi connectivity index (χ3n) is 3.59. The number of rotatable bonds is 2. The third kappa shape index (κ3) is 2.31. The van der Waals surface area contributed by atoms with Gasteiger partial charge in [-0.15, -0.1) is 0 Å². The molecule has 1 unspecified atom stereocenters. The van der Waals surface area contributed by atoms with Crippen molar-refractivity contribution in [3.8, 4) is 0 Å². The Labute approximate surface area is 105 Å². The van der Waals surface area contributed by atoms with Crippen molar-refractivity contribution in [2.45, 2.75) is 38.5 Å². The first kappa shape index (κ1) is 12.1. The van der Waals surface area contributed by atoms with Crippen LogP contribution in [0.25, 0.3) is 0 Å². The summed E-state index contributed by atoms with van der Waals surface area (Å²) in [6.45, 7) is 6.12. The van der Waals surface area contributed by atoms with Crippen molar-refractivity contribution < 1.29 is 5.11 Å². The molecule has 1 aliphatic heterocycles. The van der Waals surface area contributed by atoms with Gasteiger partial charge in [0.15, 0.2) is 0 Å². The minimum atomic E-state index is -0.206. The highest BCUT2D eigenvalue weighted by Crippen LogP contribution is 2.30. The number of hydrogen-bond acceptors (Lipinski definition) is 2. The van der Waals surface area contributed by atoms with Crippen molar-refractivity contribution in [2.24, 2.45) is 0 Å². The Kier molecular flexibility index (Phi) is 3.38. The Morgan fingerprint density at radius 3 is 2.50 bits per heavy atom. The van der Waals surface area contributed by atoms with Gasteiger partial charge < -0.3 is 5.11 Å². The second-order valence-electron chi connectivity index (χ2n) is 5.01. The number of aliphatic hydroxyl groups excluding tert-OH is 1. The lowest BCUT2D eigenvalue weighted by atomic mass is 9.98. The number of aliphatic hydroxyl groups is 1. The van der Waals surface area contributed by atoms with Crippen LogP contribution in [0.15, 0.2) is 28.7 Å². The lowest BCUT2D eigenvalue weighted by molar-refractivity contribution is 0.0506. The summed E-state index contributed by atoms with van der Waals surface area (Å²) in [6.07, 6.45) is 0.673. The molecule has 0 spiro atoms. The molecule has 1 aromatic rings. The van der Waals surface area contributed by atoms with E-state index >= 15 is 0 Å². The first-order chi connectivity index (χ1) is 7.50. The Hall–Kier alpha value is -0.380. The summed E-state index contributed by atoms with van der Waals surface area (Å²) in [6, 6.07) is 8.39. The van der Waals surface area contributed by atoms with Crippen LogP contribution in [0.3, 0.4) is 0 Å². The summed E-state index contributed by atoms with van der Waals surface area (Å²) in [4.78, 5) is 2.35. The minimum Gasteiger partial charge on any atom is -0.391 e. The molecule has 2 rings (SSSR count). The van der Waals surface area contributed by atoms with Gasteiger partial charge in [0.25, 0.3) is 0 Å². The van der Waals surface area contributed by atoms with Crippen LogP contribution in [0.4, 0.5) is 0 Å². The standard InChI is InChI=1S/C13H18BrNO/c1-13(2)12(16)7-8-15(13)9-10-3-5-11(14)6-4-10/h3-6,12,16H,7-9H2,1-2H3. The van der Waals surface area contributed by atoms with E-state index in [4.69, 9.17) is 0 Å². The monoisotopic (exact) mass is 283 g/mol. The second-order valence-corrected chi connectivity index (χ2v) is 5.92. The Morgan fingerprint density at radius 1 is 1.38 bits per heavy atom. The summed E-state index contributed by atoms with van der Waals surface area (Å²) in [7, 11) is 0. The molecule has 1 fully saturated rings. The number of halogens is 1. The van der Waals surface area contributed by atoms with E-state index in [1.807, 2.05) is 0 Å². The molecule has 0 aromatic heterocycles. The van der Waals surface area contributed by atoms with Crippen LogP contribution >= 0.6 is 15.9 Å². The highest BCUT2D eigenvalue weighted by Gasteiger charge is 2.39. The smallest absolute Gasteiger partial charge is 0.0730 e. The zero-order valence-electron chi connectivity index (χ0n) is 9.78. The van der Waals surface area contributed by atoms with Crippen LogP contribution in [0.2, 0.25) is 0 Å². The maximum absolute atomic E-state index is 9.90. The summed E-state index contributed by atoms with van der Waals surface area (Å²) in [5.41, 5.74) is 1.19. The topological polar surface area (TPSA) is 23.5 Å². The van der Waals surface area contributed by atoms with Gasteiger partial charge in [0.2, 0.25) is 0 Å². The van der Waals surface area contributed by atoms with E-state index in [9.17, 15) is 5.11 Å². The van der Waals surface area contributed by atoms with E-state index in [0.29, 0.717) is 0 Å². The molecule has 1 saturated heterocycles. The van der Waals surface area contributed by atoms with Crippen LogP contribution in [0.5, 0.6) is 0 Å². The first-order valence-corrected chi connectivity index (χ1v) is 6.47. The number of benzene rings is 1. The molecule has 0 saturated carbocycles. The number of nitrogens with zero attached hydrogens (tertiary/aromatic N) is 1. The van der Waals surface area contributed by atoms with Crippen molar-refractivity contribution in [2.75, 3.05) is 6.54 Å². The van der Waals surface area contributed by atoms with Gasteiger partial charge in [0.05, 0.1) is 6.10 Å². The average Bonchev–Trinajstić information content (AvgIpc) is 2.48. The van der Waals surface area contributed by atoms with Crippen molar-refractivity contribution in [1.82, 2.24) is 4.90 Å². The molecule has 2 nitrogen and oxygen atoms in total. The van der Waals surface area contributed by atoms with E-state index in [-0.39, 0.29) is 11.6 Å². The van der Waals surface area contributed by atoms with Crippen molar-refractivity contribution >= 4 is 15.9 Å². The molecule has 0 aliphatic carbocycles. The van der Waals surface area contributed by atoms with Gasteiger partial charge in [0, 0.05) is 23.1 Å². The second kappa shape index (κ2) is 4.47. The third-order valence-corrected chi connectivity index (χ3v) is 4.12. The molecule has 1 N–H and O–H groups in total. The molecule has 16 heavy (non-hydrogen) atoms. The molecule has 88 valence electrons. The lowest BCUT2D eigenvalue weighted by Gasteiger charge is -2.33. The van der Waals surface area contributed by atoms with Gasteiger partial charge in [-0.1, -0.05) is 28.1 Å². The summed E-state index contributed by atoms with van der Waals surface area (Å²) >= 11 is 3.44. The van der Waals surface area contributed by atoms with Gasteiger partial charge in [-0.25, -0.2) is 0 Å². The zero-order chi connectivity index (χ0) is 11.8. The van der Waals surface area contributed by atoms with E-state index in [1.165, 1.54) is 5.56 Å². The van der Waals surface area contributed by atoms with Crippen molar-refractivity contribution in [1.29, 1.82) is 0 Å². The van der Waals surface area contributed by atoms with Gasteiger partial charge in [0.1, 0.15) is 0 Å². The Bertz CT molecular complexity index is 361. The van der Waals surface area contributed by atoms with Crippen LogP contribution in [0.1, 0.15) is 25.8 Å². The van der Waals surface area contributed by atoms with Gasteiger partial charge in [-0.2, -0.15) is 0 Å². The average molecular weight is 284 g/mol. The first-order valence-electron chi connectivity index (χ1n) is 5.68.